The monoisotopic (exact) mass is 252 g/mol. The van der Waals surface area contributed by atoms with Gasteiger partial charge < -0.3 is 4.90 Å². The molecular weight excluding hydrogens is 240 g/mol. The largest absolute Gasteiger partial charge is 0.347 e. The summed E-state index contributed by atoms with van der Waals surface area (Å²) >= 11 is 7.36. The van der Waals surface area contributed by atoms with Crippen LogP contribution in [0.15, 0.2) is 29.6 Å². The normalized spacial score (nSPS) is 10.4. The molecule has 0 fully saturated rings. The first-order valence-electron chi connectivity index (χ1n) is 5.03. The van der Waals surface area contributed by atoms with Gasteiger partial charge in [-0.05, 0) is 12.5 Å². The summed E-state index contributed by atoms with van der Waals surface area (Å²) in [4.78, 5) is 6.33. The number of hydrogen-bond donors (Lipinski definition) is 0. The molecule has 0 atom stereocenters. The van der Waals surface area contributed by atoms with Crippen molar-refractivity contribution in [3.05, 3.63) is 45.9 Å². The number of rotatable bonds is 3. The van der Waals surface area contributed by atoms with Crippen molar-refractivity contribution in [3.8, 4) is 0 Å². The van der Waals surface area contributed by atoms with Gasteiger partial charge in [0.1, 0.15) is 5.15 Å². The molecule has 0 bridgehead atoms. The number of halogens is 1. The van der Waals surface area contributed by atoms with Gasteiger partial charge in [-0.1, -0.05) is 41.4 Å². The lowest BCUT2D eigenvalue weighted by Gasteiger charge is -2.15. The number of anilines is 1. The molecule has 0 spiro atoms. The third-order valence-corrected chi connectivity index (χ3v) is 3.61. The summed E-state index contributed by atoms with van der Waals surface area (Å²) in [6.45, 7) is 2.94. The maximum atomic E-state index is 5.80. The molecule has 16 heavy (non-hydrogen) atoms. The average Bonchev–Trinajstić information content (AvgIpc) is 2.68. The van der Waals surface area contributed by atoms with Gasteiger partial charge in [-0.25, -0.2) is 4.98 Å². The van der Waals surface area contributed by atoms with Gasteiger partial charge >= 0.3 is 0 Å². The number of hydrogen-bond acceptors (Lipinski definition) is 3. The Balaban J connectivity index is 2.07. The highest BCUT2D eigenvalue weighted by Gasteiger charge is 2.06. The zero-order valence-electron chi connectivity index (χ0n) is 9.27. The molecule has 0 aliphatic heterocycles. The van der Waals surface area contributed by atoms with E-state index in [1.807, 2.05) is 12.4 Å². The highest BCUT2D eigenvalue weighted by molar-refractivity contribution is 7.14. The van der Waals surface area contributed by atoms with E-state index in [2.05, 4.69) is 41.1 Å². The van der Waals surface area contributed by atoms with Crippen LogP contribution in [0, 0.1) is 6.92 Å². The van der Waals surface area contributed by atoms with Crippen LogP contribution in [0.25, 0.3) is 0 Å². The summed E-state index contributed by atoms with van der Waals surface area (Å²) in [5.74, 6) is 0. The van der Waals surface area contributed by atoms with Gasteiger partial charge in [0.15, 0.2) is 5.13 Å². The molecule has 0 radical (unpaired) electrons. The highest BCUT2D eigenvalue weighted by atomic mass is 35.5. The molecule has 0 saturated heterocycles. The number of thiazole rings is 1. The van der Waals surface area contributed by atoms with Crippen LogP contribution < -0.4 is 4.90 Å². The molecule has 0 aliphatic rings. The summed E-state index contributed by atoms with van der Waals surface area (Å²) in [5.41, 5.74) is 2.56. The van der Waals surface area contributed by atoms with Gasteiger partial charge in [0.2, 0.25) is 0 Å². The van der Waals surface area contributed by atoms with Crippen molar-refractivity contribution in [2.75, 3.05) is 11.9 Å². The van der Waals surface area contributed by atoms with Crippen molar-refractivity contribution in [2.45, 2.75) is 13.5 Å². The Kier molecular flexibility index (Phi) is 3.46. The number of benzene rings is 1. The minimum absolute atomic E-state index is 0.566. The summed E-state index contributed by atoms with van der Waals surface area (Å²) in [5, 5.41) is 3.36. The predicted molar refractivity (Wildman–Crippen MR) is 70.4 cm³/mol. The fraction of sp³-hybridized carbons (Fsp3) is 0.250. The maximum absolute atomic E-state index is 5.80. The van der Waals surface area contributed by atoms with Crippen molar-refractivity contribution in [2.24, 2.45) is 0 Å². The number of nitrogens with zero attached hydrogens (tertiary/aromatic N) is 2. The van der Waals surface area contributed by atoms with Crippen LogP contribution in [0.5, 0.6) is 0 Å². The van der Waals surface area contributed by atoms with Crippen LogP contribution in [0.3, 0.4) is 0 Å². The quantitative estimate of drug-likeness (QED) is 0.827. The molecule has 1 aromatic carbocycles. The van der Waals surface area contributed by atoms with Crippen molar-refractivity contribution in [1.82, 2.24) is 4.98 Å². The molecule has 0 aliphatic carbocycles. The molecule has 2 aromatic rings. The third kappa shape index (κ3) is 2.74. The minimum Gasteiger partial charge on any atom is -0.347 e. The predicted octanol–water partition coefficient (Wildman–Crippen LogP) is 3.74. The molecule has 0 N–H and O–H groups in total. The summed E-state index contributed by atoms with van der Waals surface area (Å²) in [6.07, 6.45) is 0. The topological polar surface area (TPSA) is 16.1 Å². The van der Waals surface area contributed by atoms with Gasteiger partial charge in [0.05, 0.1) is 0 Å². The third-order valence-electron chi connectivity index (χ3n) is 2.33. The first kappa shape index (κ1) is 11.4. The number of aromatic nitrogens is 1. The van der Waals surface area contributed by atoms with Crippen molar-refractivity contribution >= 4 is 28.1 Å². The van der Waals surface area contributed by atoms with E-state index in [1.54, 1.807) is 11.3 Å². The molecule has 0 amide bonds. The van der Waals surface area contributed by atoms with E-state index < -0.39 is 0 Å². The van der Waals surface area contributed by atoms with E-state index in [1.165, 1.54) is 11.1 Å². The lowest BCUT2D eigenvalue weighted by molar-refractivity contribution is 0.914. The molecule has 0 saturated carbocycles. The van der Waals surface area contributed by atoms with Gasteiger partial charge in [-0.2, -0.15) is 0 Å². The fourth-order valence-corrected chi connectivity index (χ4v) is 2.37. The SMILES string of the molecule is Cc1ccc(CN(C)c2nc(Cl)cs2)cc1. The van der Waals surface area contributed by atoms with Gasteiger partial charge in [0.25, 0.3) is 0 Å². The van der Waals surface area contributed by atoms with Crippen LogP contribution >= 0.6 is 22.9 Å². The van der Waals surface area contributed by atoms with E-state index in [-0.39, 0.29) is 0 Å². The van der Waals surface area contributed by atoms with Crippen molar-refractivity contribution < 1.29 is 0 Å². The van der Waals surface area contributed by atoms with Crippen LogP contribution in [-0.2, 0) is 6.54 Å². The second kappa shape index (κ2) is 4.85. The molecule has 1 aromatic heterocycles. The van der Waals surface area contributed by atoms with Crippen LogP contribution in [-0.4, -0.2) is 12.0 Å². The average molecular weight is 253 g/mol. The van der Waals surface area contributed by atoms with Crippen molar-refractivity contribution in [3.63, 3.8) is 0 Å². The van der Waals surface area contributed by atoms with Crippen molar-refractivity contribution in [1.29, 1.82) is 0 Å². The standard InChI is InChI=1S/C12H13ClN2S/c1-9-3-5-10(6-4-9)7-15(2)12-14-11(13)8-16-12/h3-6,8H,7H2,1-2H3. The molecule has 0 unspecified atom stereocenters. The molecule has 1 heterocycles. The molecule has 2 rings (SSSR count). The Labute approximate surface area is 105 Å². The van der Waals surface area contributed by atoms with E-state index in [0.29, 0.717) is 5.15 Å². The Morgan fingerprint density at radius 3 is 2.56 bits per heavy atom. The van der Waals surface area contributed by atoms with Gasteiger partial charge in [0, 0.05) is 19.0 Å². The molecular formula is C12H13ClN2S. The van der Waals surface area contributed by atoms with E-state index in [9.17, 15) is 0 Å². The minimum atomic E-state index is 0.566. The van der Waals surface area contributed by atoms with Crippen LogP contribution in [0.1, 0.15) is 11.1 Å². The van der Waals surface area contributed by atoms with E-state index in [4.69, 9.17) is 11.6 Å². The lowest BCUT2D eigenvalue weighted by Crippen LogP contribution is -2.15. The Hall–Kier alpha value is -1.06. The Morgan fingerprint density at radius 2 is 2.00 bits per heavy atom. The molecule has 2 nitrogen and oxygen atoms in total. The lowest BCUT2D eigenvalue weighted by atomic mass is 10.1. The second-order valence-corrected chi connectivity index (χ2v) is 5.02. The Bertz CT molecular complexity index is 464. The number of aryl methyl sites for hydroxylation is 1. The molecule has 84 valence electrons. The van der Waals surface area contributed by atoms with Gasteiger partial charge in [-0.3, -0.25) is 0 Å². The summed E-state index contributed by atoms with van der Waals surface area (Å²) < 4.78 is 0. The van der Waals surface area contributed by atoms with E-state index in [0.717, 1.165) is 11.7 Å². The smallest absolute Gasteiger partial charge is 0.186 e. The zero-order valence-corrected chi connectivity index (χ0v) is 10.8. The summed E-state index contributed by atoms with van der Waals surface area (Å²) in [7, 11) is 2.02. The molecule has 4 heteroatoms. The first-order chi connectivity index (χ1) is 7.65. The zero-order chi connectivity index (χ0) is 11.5. The van der Waals surface area contributed by atoms with Gasteiger partial charge in [-0.15, -0.1) is 11.3 Å². The maximum Gasteiger partial charge on any atom is 0.186 e. The highest BCUT2D eigenvalue weighted by Crippen LogP contribution is 2.23. The fourth-order valence-electron chi connectivity index (χ4n) is 1.46. The van der Waals surface area contributed by atoms with Crippen LogP contribution in [0.4, 0.5) is 5.13 Å². The Morgan fingerprint density at radius 1 is 1.31 bits per heavy atom. The van der Waals surface area contributed by atoms with Crippen LogP contribution in [0.2, 0.25) is 5.15 Å². The van der Waals surface area contributed by atoms with E-state index >= 15 is 0 Å². The second-order valence-electron chi connectivity index (χ2n) is 3.79. The first-order valence-corrected chi connectivity index (χ1v) is 6.28. The summed E-state index contributed by atoms with van der Waals surface area (Å²) in [6, 6.07) is 8.53.